The molecule has 4 aliphatic rings. The van der Waals surface area contributed by atoms with Crippen LogP contribution in [0.15, 0.2) is 66.9 Å². The van der Waals surface area contributed by atoms with Crippen molar-refractivity contribution in [3.8, 4) is 33.5 Å². The fourth-order valence-electron chi connectivity index (χ4n) is 10.8. The largest absolute Gasteiger partial charge is 0.453 e. The standard InChI is InChI=1S/C50H60N6O7/c1-27(2)43(54-49(60)62-5)45(57)37-12-8-13-38(37)46-51-26-39(53-46)30-17-15-29(16-18-30)35-21-22-36(42-33-20-19-32(24-33)41(35)42)31-10-7-11-34(25-31)52-47(58)40-14-9-23-56(40)48(59)44(28(3)4)55-50(61)63-6/h7,10-11,15-18,21-22,25-28,32-33,37-38,40,43-44H,8-9,12-14,19-20,23-24H2,1-6H3,(H,51,53)(H,52,58)(H,54,60)(H,55,61)/t32?,33?,37?,38-,40?,43+,44+/m1/s1. The van der Waals surface area contributed by atoms with Crippen molar-refractivity contribution >= 4 is 35.5 Å². The van der Waals surface area contributed by atoms with Gasteiger partial charge in [0.25, 0.3) is 0 Å². The van der Waals surface area contributed by atoms with Crippen LogP contribution in [0.2, 0.25) is 0 Å². The summed E-state index contributed by atoms with van der Waals surface area (Å²) in [6.07, 6.45) is 7.83. The molecule has 0 spiro atoms. The van der Waals surface area contributed by atoms with Crippen LogP contribution in [0, 0.1) is 17.8 Å². The summed E-state index contributed by atoms with van der Waals surface area (Å²) in [5.41, 5.74) is 10.1. The predicted molar refractivity (Wildman–Crippen MR) is 241 cm³/mol. The highest BCUT2D eigenvalue weighted by molar-refractivity contribution is 5.99. The molecule has 1 saturated heterocycles. The number of hydrogen-bond donors (Lipinski definition) is 4. The second kappa shape index (κ2) is 18.4. The Morgan fingerprint density at radius 2 is 1.37 bits per heavy atom. The van der Waals surface area contributed by atoms with Crippen LogP contribution in [0.1, 0.15) is 114 Å². The molecular formula is C50H60N6O7. The van der Waals surface area contributed by atoms with Crippen LogP contribution in [0.5, 0.6) is 0 Å². The van der Waals surface area contributed by atoms with Gasteiger partial charge in [-0.3, -0.25) is 14.4 Å². The van der Waals surface area contributed by atoms with Gasteiger partial charge in [-0.05, 0) is 120 Å². The lowest BCUT2D eigenvalue weighted by molar-refractivity contribution is -0.139. The topological polar surface area (TPSA) is 172 Å². The van der Waals surface area contributed by atoms with Gasteiger partial charge in [-0.1, -0.05) is 82.6 Å². The molecule has 4 N–H and O–H groups in total. The van der Waals surface area contributed by atoms with E-state index >= 15 is 0 Å². The van der Waals surface area contributed by atoms with Crippen LogP contribution in [0.3, 0.4) is 0 Å². The number of carbonyl (C=O) groups is 5. The highest BCUT2D eigenvalue weighted by Gasteiger charge is 2.43. The van der Waals surface area contributed by atoms with Crippen molar-refractivity contribution in [2.45, 2.75) is 115 Å². The van der Waals surface area contributed by atoms with Crippen molar-refractivity contribution in [3.63, 3.8) is 0 Å². The number of ether oxygens (including phenoxy) is 2. The molecule has 63 heavy (non-hydrogen) atoms. The van der Waals surface area contributed by atoms with E-state index in [9.17, 15) is 24.0 Å². The smallest absolute Gasteiger partial charge is 0.407 e. The molecule has 4 unspecified atom stereocenters. The molecule has 13 heteroatoms. The summed E-state index contributed by atoms with van der Waals surface area (Å²) in [7, 11) is 2.57. The van der Waals surface area contributed by atoms with Gasteiger partial charge in [0.2, 0.25) is 11.8 Å². The Bertz CT molecular complexity index is 2370. The SMILES string of the molecule is COC(=O)N[C@H](C(=O)C1CCC[C@H]1c1ncc(-c2ccc(-c3ccc(-c4cccc(NC(=O)C5CCCN5C(=O)[C@@H](NC(=O)OC)C(C)C)c4)c4c3C3CCC4C3)cc2)[nH]1)C(C)C. The van der Waals surface area contributed by atoms with Gasteiger partial charge in [-0.15, -0.1) is 0 Å². The van der Waals surface area contributed by atoms with Crippen LogP contribution >= 0.6 is 0 Å². The molecule has 8 rings (SSSR count). The fourth-order valence-corrected chi connectivity index (χ4v) is 10.8. The lowest BCUT2D eigenvalue weighted by Gasteiger charge is -2.30. The summed E-state index contributed by atoms with van der Waals surface area (Å²) in [5, 5.41) is 8.52. The van der Waals surface area contributed by atoms with Crippen molar-refractivity contribution < 1.29 is 33.4 Å². The third-order valence-corrected chi connectivity index (χ3v) is 14.0. The lowest BCUT2D eigenvalue weighted by atomic mass is 9.81. The van der Waals surface area contributed by atoms with Crippen molar-refractivity contribution in [2.75, 3.05) is 26.1 Å². The average molecular weight is 857 g/mol. The van der Waals surface area contributed by atoms with Crippen molar-refractivity contribution in [1.82, 2.24) is 25.5 Å². The monoisotopic (exact) mass is 856 g/mol. The number of aromatic nitrogens is 2. The van der Waals surface area contributed by atoms with E-state index < -0.39 is 30.3 Å². The first-order valence-corrected chi connectivity index (χ1v) is 22.6. The average Bonchev–Trinajstić information content (AvgIpc) is 4.15. The number of aromatic amines is 1. The molecule has 7 atom stereocenters. The zero-order valence-electron chi connectivity index (χ0n) is 37.2. The lowest BCUT2D eigenvalue weighted by Crippen LogP contribution is -2.54. The molecule has 13 nitrogen and oxygen atoms in total. The minimum atomic E-state index is -0.796. The number of methoxy groups -OCH3 is 2. The molecule has 3 aromatic carbocycles. The second-order valence-corrected chi connectivity index (χ2v) is 18.5. The van der Waals surface area contributed by atoms with Crippen LogP contribution in [-0.2, 0) is 23.9 Å². The molecule has 0 radical (unpaired) electrons. The second-order valence-electron chi connectivity index (χ2n) is 18.5. The molecule has 3 fully saturated rings. The zero-order valence-corrected chi connectivity index (χ0v) is 37.2. The van der Waals surface area contributed by atoms with E-state index in [2.05, 4.69) is 63.4 Å². The van der Waals surface area contributed by atoms with E-state index in [1.165, 1.54) is 42.9 Å². The van der Waals surface area contributed by atoms with Crippen LogP contribution < -0.4 is 16.0 Å². The summed E-state index contributed by atoms with van der Waals surface area (Å²) in [4.78, 5) is 75.1. The number of hydrogen-bond acceptors (Lipinski definition) is 8. The number of rotatable bonds is 13. The fraction of sp³-hybridized carbons (Fsp3) is 0.480. The first-order chi connectivity index (χ1) is 30.4. The summed E-state index contributed by atoms with van der Waals surface area (Å²) in [5.74, 6) is 0.740. The number of alkyl carbamates (subject to hydrolysis) is 2. The molecule has 3 aliphatic carbocycles. The van der Waals surface area contributed by atoms with E-state index in [1.807, 2.05) is 52.1 Å². The predicted octanol–water partition coefficient (Wildman–Crippen LogP) is 8.92. The quantitative estimate of drug-likeness (QED) is 0.103. The number of nitrogens with zero attached hydrogens (tertiary/aromatic N) is 2. The number of benzene rings is 3. The number of carbonyl (C=O) groups excluding carboxylic acids is 5. The third kappa shape index (κ3) is 8.71. The van der Waals surface area contributed by atoms with Gasteiger partial charge in [0.15, 0.2) is 5.78 Å². The van der Waals surface area contributed by atoms with Crippen molar-refractivity contribution in [1.29, 1.82) is 0 Å². The van der Waals surface area contributed by atoms with Crippen molar-refractivity contribution in [3.05, 3.63) is 83.8 Å². The van der Waals surface area contributed by atoms with E-state index in [0.717, 1.165) is 60.3 Å². The Labute approximate surface area is 369 Å². The maximum atomic E-state index is 13.8. The molecule has 4 aromatic rings. The first-order valence-electron chi connectivity index (χ1n) is 22.6. The Kier molecular flexibility index (Phi) is 12.7. The zero-order chi connectivity index (χ0) is 44.5. The molecule has 2 bridgehead atoms. The molecule has 4 amide bonds. The Morgan fingerprint density at radius 1 is 0.730 bits per heavy atom. The number of Topliss-reactive ketones (excluding diaryl/α,β-unsaturated/α-hetero) is 1. The Morgan fingerprint density at radius 3 is 2.02 bits per heavy atom. The highest BCUT2D eigenvalue weighted by atomic mass is 16.5. The van der Waals surface area contributed by atoms with Gasteiger partial charge >= 0.3 is 12.2 Å². The van der Waals surface area contributed by atoms with Gasteiger partial charge < -0.3 is 35.3 Å². The summed E-state index contributed by atoms with van der Waals surface area (Å²) < 4.78 is 9.56. The van der Waals surface area contributed by atoms with E-state index in [4.69, 9.17) is 14.5 Å². The van der Waals surface area contributed by atoms with Crippen LogP contribution in [0.25, 0.3) is 33.5 Å². The molecule has 2 heterocycles. The van der Waals surface area contributed by atoms with Gasteiger partial charge in [0, 0.05) is 24.1 Å². The minimum absolute atomic E-state index is 0.0285. The van der Waals surface area contributed by atoms with Gasteiger partial charge in [0.05, 0.1) is 32.2 Å². The molecule has 2 saturated carbocycles. The number of fused-ring (bicyclic) bond motifs is 5. The summed E-state index contributed by atoms with van der Waals surface area (Å²) in [6, 6.07) is 19.1. The molecular weight excluding hydrogens is 797 g/mol. The molecule has 332 valence electrons. The van der Waals surface area contributed by atoms with Gasteiger partial charge in [-0.2, -0.15) is 0 Å². The van der Waals surface area contributed by atoms with E-state index in [0.29, 0.717) is 36.9 Å². The number of nitrogens with one attached hydrogen (secondary N) is 4. The number of likely N-dealkylation sites (tertiary alicyclic amines) is 1. The minimum Gasteiger partial charge on any atom is -0.453 e. The summed E-state index contributed by atoms with van der Waals surface area (Å²) in [6.45, 7) is 8.02. The first kappa shape index (κ1) is 43.7. The maximum Gasteiger partial charge on any atom is 0.407 e. The highest BCUT2D eigenvalue weighted by Crippen LogP contribution is 2.58. The Hall–Kier alpha value is -5.98. The number of ketones is 1. The van der Waals surface area contributed by atoms with Crippen molar-refractivity contribution in [2.24, 2.45) is 17.8 Å². The number of amides is 4. The van der Waals surface area contributed by atoms with E-state index in [-0.39, 0.29) is 41.3 Å². The number of H-pyrrole nitrogens is 1. The third-order valence-electron chi connectivity index (χ3n) is 14.0. The molecule has 1 aliphatic heterocycles. The van der Waals surface area contributed by atoms with Crippen LogP contribution in [0.4, 0.5) is 15.3 Å². The van der Waals surface area contributed by atoms with Gasteiger partial charge in [0.1, 0.15) is 17.9 Å². The van der Waals surface area contributed by atoms with Gasteiger partial charge in [-0.25, -0.2) is 14.6 Å². The number of imidazole rings is 1. The van der Waals surface area contributed by atoms with E-state index in [1.54, 1.807) is 4.90 Å². The normalized spacial score (nSPS) is 22.2. The number of anilines is 1. The molecule has 1 aromatic heterocycles. The van der Waals surface area contributed by atoms with Crippen LogP contribution in [-0.4, -0.2) is 83.5 Å². The summed E-state index contributed by atoms with van der Waals surface area (Å²) >= 11 is 0. The maximum absolute atomic E-state index is 13.8. The Balaban J connectivity index is 0.990.